The minimum atomic E-state index is -4.08. The number of carbonyl (C=O) groups excluding carboxylic acids is 1. The molecule has 184 valence electrons. The lowest BCUT2D eigenvalue weighted by atomic mass is 9.98. The van der Waals surface area contributed by atoms with Crippen molar-refractivity contribution in [1.82, 2.24) is 14.5 Å². The molecule has 0 atom stereocenters. The molecule has 1 saturated heterocycles. The van der Waals surface area contributed by atoms with Crippen LogP contribution in [0.15, 0.2) is 51.8 Å². The van der Waals surface area contributed by atoms with Gasteiger partial charge in [-0.1, -0.05) is 23.2 Å². The summed E-state index contributed by atoms with van der Waals surface area (Å²) in [5.74, 6) is -0.669. The third kappa shape index (κ3) is 5.61. The largest absolute Gasteiger partial charge is 0.455 e. The second-order valence-corrected chi connectivity index (χ2v) is 10.4. The highest BCUT2D eigenvalue weighted by molar-refractivity contribution is 7.89. The van der Waals surface area contributed by atoms with Crippen LogP contribution in [0.2, 0.25) is 10.0 Å². The zero-order valence-corrected chi connectivity index (χ0v) is 20.3. The van der Waals surface area contributed by atoms with Crippen LogP contribution >= 0.6 is 23.2 Å². The normalized spacial score (nSPS) is 15.1. The van der Waals surface area contributed by atoms with Gasteiger partial charge < -0.3 is 9.15 Å². The van der Waals surface area contributed by atoms with Crippen molar-refractivity contribution in [3.8, 4) is 11.5 Å². The topological polar surface area (TPSA) is 146 Å². The Labute approximate surface area is 209 Å². The van der Waals surface area contributed by atoms with E-state index in [0.717, 1.165) is 16.4 Å². The number of hydrogen-bond acceptors (Lipinski definition) is 9. The Morgan fingerprint density at radius 3 is 2.49 bits per heavy atom. The second kappa shape index (κ2) is 10.3. The van der Waals surface area contributed by atoms with Gasteiger partial charge in [-0.15, -0.1) is 10.2 Å². The maximum atomic E-state index is 13.0. The van der Waals surface area contributed by atoms with Crippen LogP contribution < -0.4 is 0 Å². The van der Waals surface area contributed by atoms with Crippen molar-refractivity contribution in [3.63, 3.8) is 0 Å². The molecule has 0 bridgehead atoms. The first kappa shape index (κ1) is 25.0. The van der Waals surface area contributed by atoms with Gasteiger partial charge in [0.2, 0.25) is 15.9 Å². The van der Waals surface area contributed by atoms with Crippen molar-refractivity contribution in [2.75, 3.05) is 13.1 Å². The Morgan fingerprint density at radius 1 is 1.14 bits per heavy atom. The van der Waals surface area contributed by atoms with Gasteiger partial charge in [0, 0.05) is 35.8 Å². The van der Waals surface area contributed by atoms with Crippen LogP contribution in [0.4, 0.5) is 5.69 Å². The monoisotopic (exact) mass is 540 g/mol. The number of nitro benzene ring substituents is 1. The first-order valence-electron chi connectivity index (χ1n) is 10.3. The van der Waals surface area contributed by atoms with Crippen molar-refractivity contribution in [2.45, 2.75) is 24.3 Å². The molecule has 0 spiro atoms. The third-order valence-corrected chi connectivity index (χ3v) is 8.06. The van der Waals surface area contributed by atoms with E-state index in [1.165, 1.54) is 6.07 Å². The van der Waals surface area contributed by atoms with Crippen molar-refractivity contribution in [3.05, 3.63) is 68.5 Å². The van der Waals surface area contributed by atoms with Gasteiger partial charge in [0.15, 0.2) is 6.61 Å². The number of nitro groups is 1. The number of aromatic nitrogens is 2. The van der Waals surface area contributed by atoms with Gasteiger partial charge in [-0.25, -0.2) is 8.42 Å². The van der Waals surface area contributed by atoms with Gasteiger partial charge in [0.1, 0.15) is 4.90 Å². The molecule has 14 heteroatoms. The number of esters is 1. The molecule has 1 aliphatic rings. The average molecular weight is 541 g/mol. The fraction of sp³-hybridized carbons (Fsp3) is 0.286. The summed E-state index contributed by atoms with van der Waals surface area (Å²) in [5.41, 5.74) is 0.281. The molecule has 1 fully saturated rings. The van der Waals surface area contributed by atoms with Crippen molar-refractivity contribution < 1.29 is 27.3 Å². The summed E-state index contributed by atoms with van der Waals surface area (Å²) in [5, 5.41) is 19.2. The number of carbonyl (C=O) groups is 1. The van der Waals surface area contributed by atoms with E-state index in [0.29, 0.717) is 10.6 Å². The van der Waals surface area contributed by atoms with Gasteiger partial charge in [-0.3, -0.25) is 14.9 Å². The lowest BCUT2D eigenvalue weighted by Crippen LogP contribution is -2.40. The number of benzene rings is 2. The molecule has 0 aliphatic carbocycles. The zero-order chi connectivity index (χ0) is 25.2. The standard InChI is InChI=1S/C21H18Cl2N4O7S/c22-15-3-1-13(2-4-15)20-25-24-19(34-20)12-33-21(28)14-7-9-26(10-8-14)35(31,32)18-11-16(27(29)30)5-6-17(18)23/h1-6,11,14H,7-10,12H2. The lowest BCUT2D eigenvalue weighted by molar-refractivity contribution is -0.385. The zero-order valence-electron chi connectivity index (χ0n) is 18.0. The summed E-state index contributed by atoms with van der Waals surface area (Å²) in [7, 11) is -4.08. The van der Waals surface area contributed by atoms with E-state index >= 15 is 0 Å². The fourth-order valence-electron chi connectivity index (χ4n) is 3.55. The maximum Gasteiger partial charge on any atom is 0.309 e. The van der Waals surface area contributed by atoms with Crippen LogP contribution in [0, 0.1) is 16.0 Å². The summed E-state index contributed by atoms with van der Waals surface area (Å²) < 4.78 is 37.9. The van der Waals surface area contributed by atoms with Gasteiger partial charge in [-0.2, -0.15) is 4.31 Å². The Bertz CT molecular complexity index is 1350. The number of sulfonamides is 1. The average Bonchev–Trinajstić information content (AvgIpc) is 3.32. The smallest absolute Gasteiger partial charge is 0.309 e. The molecule has 2 heterocycles. The molecule has 35 heavy (non-hydrogen) atoms. The molecule has 0 unspecified atom stereocenters. The van der Waals surface area contributed by atoms with Crippen LogP contribution in [0.25, 0.3) is 11.5 Å². The minimum absolute atomic E-state index is 0.0302. The molecular weight excluding hydrogens is 523 g/mol. The first-order chi connectivity index (χ1) is 16.6. The highest BCUT2D eigenvalue weighted by atomic mass is 35.5. The number of non-ortho nitro benzene ring substituents is 1. The maximum absolute atomic E-state index is 13.0. The van der Waals surface area contributed by atoms with E-state index in [4.69, 9.17) is 32.4 Å². The van der Waals surface area contributed by atoms with E-state index < -0.39 is 26.8 Å². The van der Waals surface area contributed by atoms with E-state index in [9.17, 15) is 23.3 Å². The van der Waals surface area contributed by atoms with Crippen LogP contribution in [-0.2, 0) is 26.2 Å². The van der Waals surface area contributed by atoms with Crippen LogP contribution in [-0.4, -0.2) is 46.9 Å². The molecular formula is C21H18Cl2N4O7S. The fourth-order valence-corrected chi connectivity index (χ4v) is 5.64. The molecule has 0 radical (unpaired) electrons. The molecule has 0 amide bonds. The van der Waals surface area contributed by atoms with E-state index in [2.05, 4.69) is 10.2 Å². The van der Waals surface area contributed by atoms with Crippen molar-refractivity contribution in [1.29, 1.82) is 0 Å². The summed E-state index contributed by atoms with van der Waals surface area (Å²) >= 11 is 11.9. The van der Waals surface area contributed by atoms with Crippen LogP contribution in [0.3, 0.4) is 0 Å². The highest BCUT2D eigenvalue weighted by Crippen LogP contribution is 2.31. The molecule has 1 aromatic heterocycles. The van der Waals surface area contributed by atoms with Gasteiger partial charge in [0.05, 0.1) is 15.9 Å². The molecule has 1 aliphatic heterocycles. The molecule has 0 saturated carbocycles. The van der Waals surface area contributed by atoms with Crippen molar-refractivity contribution in [2.24, 2.45) is 5.92 Å². The highest BCUT2D eigenvalue weighted by Gasteiger charge is 2.34. The second-order valence-electron chi connectivity index (χ2n) is 7.67. The predicted octanol–water partition coefficient (Wildman–Crippen LogP) is 4.10. The molecule has 2 aromatic carbocycles. The molecule has 4 rings (SSSR count). The van der Waals surface area contributed by atoms with Gasteiger partial charge >= 0.3 is 5.97 Å². The minimum Gasteiger partial charge on any atom is -0.455 e. The van der Waals surface area contributed by atoms with Gasteiger partial charge in [-0.05, 0) is 43.2 Å². The number of hydrogen-bond donors (Lipinski definition) is 0. The van der Waals surface area contributed by atoms with Crippen LogP contribution in [0.5, 0.6) is 0 Å². The summed E-state index contributed by atoms with van der Waals surface area (Å²) in [6.45, 7) is -0.161. The van der Waals surface area contributed by atoms with Gasteiger partial charge in [0.25, 0.3) is 11.6 Å². The number of ether oxygens (including phenoxy) is 1. The van der Waals surface area contributed by atoms with E-state index in [-0.39, 0.29) is 59.9 Å². The number of nitrogens with zero attached hydrogens (tertiary/aromatic N) is 4. The van der Waals surface area contributed by atoms with Crippen molar-refractivity contribution >= 4 is 44.9 Å². The predicted molar refractivity (Wildman–Crippen MR) is 124 cm³/mol. The summed E-state index contributed by atoms with van der Waals surface area (Å²) in [6, 6.07) is 10.0. The summed E-state index contributed by atoms with van der Waals surface area (Å²) in [6.07, 6.45) is 0.426. The Morgan fingerprint density at radius 2 is 1.83 bits per heavy atom. The van der Waals surface area contributed by atoms with Crippen LogP contribution in [0.1, 0.15) is 18.7 Å². The third-order valence-electron chi connectivity index (χ3n) is 5.43. The lowest BCUT2D eigenvalue weighted by Gasteiger charge is -2.30. The number of rotatable bonds is 7. The SMILES string of the molecule is O=C(OCc1nnc(-c2ccc(Cl)cc2)o1)C1CCN(S(=O)(=O)c2cc([N+](=O)[O-])ccc2Cl)CC1. The molecule has 3 aromatic rings. The molecule has 0 N–H and O–H groups in total. The number of piperidine rings is 1. The number of halogens is 2. The quantitative estimate of drug-likeness (QED) is 0.245. The Balaban J connectivity index is 1.33. The van der Waals surface area contributed by atoms with E-state index in [1.54, 1.807) is 24.3 Å². The van der Waals surface area contributed by atoms with E-state index in [1.807, 2.05) is 0 Å². The Kier molecular flexibility index (Phi) is 7.36. The Hall–Kier alpha value is -3.06. The molecule has 11 nitrogen and oxygen atoms in total. The summed E-state index contributed by atoms with van der Waals surface area (Å²) in [4.78, 5) is 22.5. The first-order valence-corrected chi connectivity index (χ1v) is 12.5.